The van der Waals surface area contributed by atoms with Crippen molar-refractivity contribution < 1.29 is 0 Å². The van der Waals surface area contributed by atoms with Crippen molar-refractivity contribution >= 4 is 16.5 Å². The van der Waals surface area contributed by atoms with Crippen LogP contribution in [0, 0.1) is 0 Å². The molecule has 0 radical (unpaired) electrons. The van der Waals surface area contributed by atoms with Gasteiger partial charge in [-0.05, 0) is 0 Å². The maximum atomic E-state index is 3.74. The molecule has 0 atom stereocenters. The smallest absolute Gasteiger partial charge is 0.109 e. The van der Waals surface area contributed by atoms with Gasteiger partial charge in [-0.15, -0.1) is 0 Å². The van der Waals surface area contributed by atoms with Gasteiger partial charge < -0.3 is 9.96 Å². The number of hydrogen-bond donors (Lipinski definition) is 2. The Bertz CT molecular complexity index is 149. The molecule has 2 N–H and O–H groups in total. The molecule has 0 amide bonds. The van der Waals surface area contributed by atoms with Crippen molar-refractivity contribution in [3.63, 3.8) is 0 Å². The van der Waals surface area contributed by atoms with Crippen LogP contribution >= 0.6 is 0 Å². The van der Waals surface area contributed by atoms with Gasteiger partial charge in [0.15, 0.2) is 0 Å². The van der Waals surface area contributed by atoms with Crippen LogP contribution in [0.15, 0.2) is 0 Å². The van der Waals surface area contributed by atoms with Crippen LogP contribution in [0.1, 0.15) is 27.7 Å². The van der Waals surface area contributed by atoms with E-state index in [2.05, 4.69) is 76.9 Å². The number of rotatable bonds is 4. The molecule has 0 unspecified atom stereocenters. The van der Waals surface area contributed by atoms with Crippen molar-refractivity contribution in [2.75, 3.05) is 0 Å². The van der Waals surface area contributed by atoms with Crippen molar-refractivity contribution in [1.82, 2.24) is 9.96 Å². The summed E-state index contributed by atoms with van der Waals surface area (Å²) in [4.78, 5) is 0. The van der Waals surface area contributed by atoms with Gasteiger partial charge in [0, 0.05) is 12.1 Å². The van der Waals surface area contributed by atoms with E-state index < -0.39 is 16.5 Å². The average molecular weight is 263 g/mol. The molecule has 0 aliphatic rings. The normalized spacial score (nSPS) is 12.8. The standard InChI is InChI=1S/C6H19NSi2.C6H15N/c1-8(2,3)7-9(4,5)6;1-5(2)7-6(3)4/h7H,1-6H3;5-7H,1-4H3. The predicted octanol–water partition coefficient (Wildman–Crippen LogP) is 3.64. The second-order valence-corrected chi connectivity index (χ2v) is 17.1. The van der Waals surface area contributed by atoms with Crippen LogP contribution in [-0.4, -0.2) is 28.6 Å². The first-order valence-electron chi connectivity index (χ1n) is 6.39. The van der Waals surface area contributed by atoms with Gasteiger partial charge in [0.05, 0.1) is 0 Å². The molecule has 4 heteroatoms. The summed E-state index contributed by atoms with van der Waals surface area (Å²) in [6, 6.07) is 1.25. The van der Waals surface area contributed by atoms with Gasteiger partial charge >= 0.3 is 0 Å². The molecule has 2 nitrogen and oxygen atoms in total. The van der Waals surface area contributed by atoms with E-state index in [1.54, 1.807) is 0 Å². The highest BCUT2D eigenvalue weighted by Crippen LogP contribution is 2.02. The highest BCUT2D eigenvalue weighted by Gasteiger charge is 2.22. The largest absolute Gasteiger partial charge is 0.360 e. The van der Waals surface area contributed by atoms with Crippen LogP contribution in [0.3, 0.4) is 0 Å². The lowest BCUT2D eigenvalue weighted by atomic mass is 10.3. The molecule has 0 spiro atoms. The summed E-state index contributed by atoms with van der Waals surface area (Å²) in [7, 11) is -1.96. The predicted molar refractivity (Wildman–Crippen MR) is 83.2 cm³/mol. The Morgan fingerprint density at radius 1 is 0.625 bits per heavy atom. The van der Waals surface area contributed by atoms with Crippen LogP contribution in [0.4, 0.5) is 0 Å². The first kappa shape index (κ1) is 18.7. The lowest BCUT2D eigenvalue weighted by Gasteiger charge is -2.28. The van der Waals surface area contributed by atoms with Gasteiger partial charge in [-0.25, -0.2) is 0 Å². The van der Waals surface area contributed by atoms with Crippen molar-refractivity contribution in [3.8, 4) is 0 Å². The Balaban J connectivity index is 0. The quantitative estimate of drug-likeness (QED) is 0.756. The molecule has 0 aromatic carbocycles. The zero-order valence-corrected chi connectivity index (χ0v) is 15.2. The highest BCUT2D eigenvalue weighted by atomic mass is 28.4. The summed E-state index contributed by atoms with van der Waals surface area (Å²) < 4.78 is 3.74. The molecule has 0 aromatic heterocycles. The van der Waals surface area contributed by atoms with E-state index in [1.165, 1.54) is 0 Å². The van der Waals surface area contributed by atoms with E-state index in [1.807, 2.05) is 0 Å². The molecule has 0 rings (SSSR count). The molecule has 0 fully saturated rings. The maximum Gasteiger partial charge on any atom is 0.109 e. The van der Waals surface area contributed by atoms with E-state index in [0.29, 0.717) is 12.1 Å². The first-order chi connectivity index (χ1) is 6.83. The molecule has 0 bridgehead atoms. The van der Waals surface area contributed by atoms with E-state index >= 15 is 0 Å². The van der Waals surface area contributed by atoms with Crippen LogP contribution in [0.2, 0.25) is 39.3 Å². The highest BCUT2D eigenvalue weighted by molar-refractivity contribution is 6.90. The van der Waals surface area contributed by atoms with Gasteiger partial charge in [-0.3, -0.25) is 0 Å². The Hall–Kier alpha value is 0.354. The SMILES string of the molecule is CC(C)NC(C)C.C[Si](C)(C)N[Si](C)(C)C. The molecule has 0 aliphatic heterocycles. The molecule has 16 heavy (non-hydrogen) atoms. The van der Waals surface area contributed by atoms with Gasteiger partial charge in [0.2, 0.25) is 0 Å². The van der Waals surface area contributed by atoms with Crippen molar-refractivity contribution in [1.29, 1.82) is 0 Å². The summed E-state index contributed by atoms with van der Waals surface area (Å²) in [6.07, 6.45) is 0. The van der Waals surface area contributed by atoms with Crippen molar-refractivity contribution in [3.05, 3.63) is 0 Å². The molecular formula is C12H34N2Si2. The fraction of sp³-hybridized carbons (Fsp3) is 1.00. The average Bonchev–Trinajstić information content (AvgIpc) is 1.72. The maximum absolute atomic E-state index is 3.74. The van der Waals surface area contributed by atoms with Gasteiger partial charge in [0.1, 0.15) is 16.5 Å². The molecule has 100 valence electrons. The van der Waals surface area contributed by atoms with Crippen LogP contribution in [0.25, 0.3) is 0 Å². The van der Waals surface area contributed by atoms with E-state index in [4.69, 9.17) is 0 Å². The lowest BCUT2D eigenvalue weighted by Crippen LogP contribution is -2.55. The minimum absolute atomic E-state index is 0.625. The Labute approximate surface area is 106 Å². The molecule has 0 aromatic rings. The molecule has 0 saturated heterocycles. The summed E-state index contributed by atoms with van der Waals surface area (Å²) >= 11 is 0. The topological polar surface area (TPSA) is 24.1 Å². The fourth-order valence-electron chi connectivity index (χ4n) is 1.79. The Morgan fingerprint density at radius 3 is 0.875 bits per heavy atom. The second kappa shape index (κ2) is 7.64. The zero-order valence-electron chi connectivity index (χ0n) is 13.2. The minimum Gasteiger partial charge on any atom is -0.360 e. The third kappa shape index (κ3) is 23.9. The van der Waals surface area contributed by atoms with E-state index in [0.717, 1.165) is 0 Å². The molecule has 0 heterocycles. The molecule has 0 aliphatic carbocycles. The number of nitrogens with one attached hydrogen (secondary N) is 2. The molecular weight excluding hydrogens is 228 g/mol. The van der Waals surface area contributed by atoms with Gasteiger partial charge in [-0.1, -0.05) is 67.0 Å². The van der Waals surface area contributed by atoms with Crippen LogP contribution in [0.5, 0.6) is 0 Å². The summed E-state index contributed by atoms with van der Waals surface area (Å²) in [5.74, 6) is 0. The minimum atomic E-state index is -0.981. The monoisotopic (exact) mass is 262 g/mol. The van der Waals surface area contributed by atoms with Crippen LogP contribution < -0.4 is 9.96 Å². The Kier molecular flexibility index (Phi) is 8.93. The van der Waals surface area contributed by atoms with Crippen molar-refractivity contribution in [2.45, 2.75) is 79.1 Å². The van der Waals surface area contributed by atoms with Gasteiger partial charge in [-0.2, -0.15) is 0 Å². The van der Waals surface area contributed by atoms with E-state index in [-0.39, 0.29) is 0 Å². The van der Waals surface area contributed by atoms with Crippen molar-refractivity contribution in [2.24, 2.45) is 0 Å². The first-order valence-corrected chi connectivity index (χ1v) is 13.4. The summed E-state index contributed by atoms with van der Waals surface area (Å²) in [5, 5.41) is 3.31. The third-order valence-electron chi connectivity index (χ3n) is 1.42. The second-order valence-electron chi connectivity index (χ2n) is 7.10. The third-order valence-corrected chi connectivity index (χ3v) is 7.42. The van der Waals surface area contributed by atoms with E-state index in [9.17, 15) is 0 Å². The fourth-order valence-corrected chi connectivity index (χ4v) is 10.8. The molecule has 0 saturated carbocycles. The van der Waals surface area contributed by atoms with Gasteiger partial charge in [0.25, 0.3) is 0 Å². The van der Waals surface area contributed by atoms with Crippen LogP contribution in [-0.2, 0) is 0 Å². The Morgan fingerprint density at radius 2 is 0.875 bits per heavy atom. The lowest BCUT2D eigenvalue weighted by molar-refractivity contribution is 0.518. The summed E-state index contributed by atoms with van der Waals surface area (Å²) in [5.41, 5.74) is 0. The summed E-state index contributed by atoms with van der Waals surface area (Å²) in [6.45, 7) is 22.7. The zero-order chi connectivity index (χ0) is 13.6. The number of hydrogen-bond acceptors (Lipinski definition) is 2.